The molecule has 5 rings (SSSR count). The molecule has 0 amide bonds. The number of hydrogen-bond acceptors (Lipinski definition) is 10. The topological polar surface area (TPSA) is 146 Å². The van der Waals surface area contributed by atoms with E-state index in [2.05, 4.69) is 0 Å². The van der Waals surface area contributed by atoms with Gasteiger partial charge >= 0.3 is 17.9 Å². The number of rotatable bonds is 6. The third kappa shape index (κ3) is 4.49. The summed E-state index contributed by atoms with van der Waals surface area (Å²) in [6.07, 6.45) is 3.38. The number of hydrogen-bond donors (Lipinski definition) is 1. The van der Waals surface area contributed by atoms with E-state index in [1.165, 1.54) is 13.8 Å². The highest BCUT2D eigenvalue weighted by molar-refractivity contribution is 5.92. The maximum Gasteiger partial charge on any atom is 0.333 e. The second-order valence-corrected chi connectivity index (χ2v) is 14.2. The molecule has 10 heteroatoms. The van der Waals surface area contributed by atoms with E-state index < -0.39 is 75.8 Å². The summed E-state index contributed by atoms with van der Waals surface area (Å²) in [5, 5.41) is 12.1. The zero-order chi connectivity index (χ0) is 33.3. The van der Waals surface area contributed by atoms with Crippen molar-refractivity contribution in [3.05, 3.63) is 47.5 Å². The van der Waals surface area contributed by atoms with Crippen LogP contribution in [0.1, 0.15) is 86.1 Å². The summed E-state index contributed by atoms with van der Waals surface area (Å²) in [7, 11) is 0. The molecule has 1 aromatic rings. The van der Waals surface area contributed by atoms with Crippen LogP contribution in [0, 0.1) is 33.5 Å². The molecule has 1 aromatic heterocycles. The molecule has 4 aliphatic carbocycles. The predicted molar refractivity (Wildman–Crippen MR) is 160 cm³/mol. The monoisotopic (exact) mass is 624 g/mol. The maximum absolute atomic E-state index is 14.5. The zero-order valence-corrected chi connectivity index (χ0v) is 27.2. The summed E-state index contributed by atoms with van der Waals surface area (Å²) in [6, 6.07) is 1.84. The number of fused-ring (bicyclic) bond motifs is 5. The Morgan fingerprint density at radius 2 is 1.71 bits per heavy atom. The van der Waals surface area contributed by atoms with Gasteiger partial charge in [0.05, 0.1) is 29.5 Å². The number of ether oxygens (including phenoxy) is 3. The molecular weight excluding hydrogens is 580 g/mol. The Bertz CT molecular complexity index is 1470. The number of ketones is 1. The maximum atomic E-state index is 14.5. The molecule has 0 aromatic carbocycles. The first kappa shape index (κ1) is 32.9. The van der Waals surface area contributed by atoms with Crippen LogP contribution in [0.3, 0.4) is 0 Å². The first-order valence-corrected chi connectivity index (χ1v) is 15.6. The third-order valence-corrected chi connectivity index (χ3v) is 12.0. The highest BCUT2D eigenvalue weighted by atomic mass is 16.6. The van der Waals surface area contributed by atoms with Crippen molar-refractivity contribution in [1.29, 1.82) is 0 Å². The lowest BCUT2D eigenvalue weighted by Gasteiger charge is -2.70. The van der Waals surface area contributed by atoms with E-state index in [4.69, 9.17) is 18.6 Å². The molecule has 0 bridgehead atoms. The van der Waals surface area contributed by atoms with Crippen LogP contribution >= 0.6 is 0 Å². The summed E-state index contributed by atoms with van der Waals surface area (Å²) >= 11 is 0. The summed E-state index contributed by atoms with van der Waals surface area (Å²) in [4.78, 5) is 66.4. The fourth-order valence-corrected chi connectivity index (χ4v) is 9.78. The van der Waals surface area contributed by atoms with Crippen molar-refractivity contribution < 1.29 is 47.7 Å². The average Bonchev–Trinajstić information content (AvgIpc) is 3.63. The summed E-state index contributed by atoms with van der Waals surface area (Å²) in [5.41, 5.74) is -2.87. The molecule has 1 N–H and O–H groups in total. The van der Waals surface area contributed by atoms with Gasteiger partial charge in [0.25, 0.3) is 0 Å². The highest BCUT2D eigenvalue weighted by Gasteiger charge is 2.77. The van der Waals surface area contributed by atoms with Crippen LogP contribution in [0.4, 0.5) is 0 Å². The fourth-order valence-electron chi connectivity index (χ4n) is 9.78. The second kappa shape index (κ2) is 11.1. The number of allylic oxidation sites excluding steroid dienone is 2. The van der Waals surface area contributed by atoms with Crippen LogP contribution in [0.15, 0.2) is 46.3 Å². The minimum absolute atomic E-state index is 0.0133. The molecule has 0 radical (unpaired) electrons. The van der Waals surface area contributed by atoms with Gasteiger partial charge in [0, 0.05) is 54.9 Å². The summed E-state index contributed by atoms with van der Waals surface area (Å²) < 4.78 is 23.5. The van der Waals surface area contributed by atoms with Gasteiger partial charge in [-0.25, -0.2) is 4.79 Å². The molecule has 10 nitrogen and oxygen atoms in total. The largest absolute Gasteiger partial charge is 0.472 e. The van der Waals surface area contributed by atoms with E-state index in [0.717, 1.165) is 11.1 Å². The smallest absolute Gasteiger partial charge is 0.333 e. The number of carbonyl (C=O) groups is 5. The van der Waals surface area contributed by atoms with E-state index >= 15 is 0 Å². The number of aliphatic hydroxyl groups is 1. The second-order valence-electron chi connectivity index (χ2n) is 14.2. The summed E-state index contributed by atoms with van der Waals surface area (Å²) in [5.74, 6) is -3.86. The molecule has 4 aliphatic rings. The number of aliphatic hydroxyl groups excluding tert-OH is 1. The molecule has 1 heterocycles. The number of esters is 3. The fraction of sp³-hybridized carbons (Fsp3) is 0.629. The van der Waals surface area contributed by atoms with Crippen molar-refractivity contribution in [1.82, 2.24) is 0 Å². The van der Waals surface area contributed by atoms with Crippen molar-refractivity contribution >= 4 is 30.0 Å². The Balaban J connectivity index is 1.80. The van der Waals surface area contributed by atoms with Gasteiger partial charge in [0.2, 0.25) is 0 Å². The molecule has 0 spiro atoms. The highest BCUT2D eigenvalue weighted by Crippen LogP contribution is 2.73. The van der Waals surface area contributed by atoms with Crippen LogP contribution in [-0.2, 0) is 38.2 Å². The van der Waals surface area contributed by atoms with E-state index in [-0.39, 0.29) is 24.5 Å². The summed E-state index contributed by atoms with van der Waals surface area (Å²) in [6.45, 7) is 13.1. The lowest BCUT2D eigenvalue weighted by Crippen LogP contribution is -2.76. The first-order chi connectivity index (χ1) is 21.0. The molecular formula is C35H44O10. The van der Waals surface area contributed by atoms with Crippen molar-refractivity contribution in [2.45, 2.75) is 105 Å². The van der Waals surface area contributed by atoms with E-state index in [1.54, 1.807) is 39.4 Å². The minimum atomic E-state index is -1.48. The van der Waals surface area contributed by atoms with Gasteiger partial charge in [0.1, 0.15) is 30.4 Å². The van der Waals surface area contributed by atoms with Gasteiger partial charge < -0.3 is 28.5 Å². The number of Topliss-reactive ketones (excluding diaryl/α,β-unsaturated/α-hetero) is 1. The van der Waals surface area contributed by atoms with E-state index in [0.29, 0.717) is 18.3 Å². The Hall–Kier alpha value is -3.53. The molecule has 3 fully saturated rings. The quantitative estimate of drug-likeness (QED) is 0.156. The van der Waals surface area contributed by atoms with Crippen LogP contribution < -0.4 is 0 Å². The van der Waals surface area contributed by atoms with Crippen molar-refractivity contribution in [3.63, 3.8) is 0 Å². The predicted octanol–water partition coefficient (Wildman–Crippen LogP) is 4.64. The van der Waals surface area contributed by atoms with Crippen LogP contribution in [0.2, 0.25) is 0 Å². The minimum Gasteiger partial charge on any atom is -0.472 e. The van der Waals surface area contributed by atoms with Crippen LogP contribution in [0.5, 0.6) is 0 Å². The van der Waals surface area contributed by atoms with Crippen molar-refractivity contribution in [3.8, 4) is 0 Å². The van der Waals surface area contributed by atoms with E-state index in [1.807, 2.05) is 32.9 Å². The van der Waals surface area contributed by atoms with E-state index in [9.17, 15) is 29.1 Å². The van der Waals surface area contributed by atoms with Crippen LogP contribution in [-0.4, -0.2) is 59.5 Å². The van der Waals surface area contributed by atoms with Crippen molar-refractivity contribution in [2.75, 3.05) is 0 Å². The normalized spacial score (nSPS) is 42.4. The first-order valence-electron chi connectivity index (χ1n) is 15.6. The molecule has 0 saturated heterocycles. The Morgan fingerprint density at radius 1 is 1.04 bits per heavy atom. The van der Waals surface area contributed by atoms with Gasteiger partial charge in [-0.3, -0.25) is 14.4 Å². The Morgan fingerprint density at radius 3 is 2.27 bits per heavy atom. The molecule has 11 atom stereocenters. The lowest BCUT2D eigenvalue weighted by atomic mass is 9.35. The average molecular weight is 625 g/mol. The third-order valence-electron chi connectivity index (χ3n) is 12.0. The molecule has 11 unspecified atom stereocenters. The van der Waals surface area contributed by atoms with Gasteiger partial charge in [-0.15, -0.1) is 0 Å². The molecule has 0 aliphatic heterocycles. The Labute approximate surface area is 263 Å². The van der Waals surface area contributed by atoms with Gasteiger partial charge in [-0.05, 0) is 51.7 Å². The standard InChI is InChI=1S/C35H44O10/c1-9-18(2)31(41)45-30-28(44-20(4)38)29-32(5,17-36)27(43-19(3)37)15-26(40)35(29,8)24-14-25(39)33(6)22(21-12-13-42-16-21)10-11-23(33)34(24,30)7/h9,11-13,16-17,22,24,26-30,40H,10,14-15H2,1-8H3. The zero-order valence-electron chi connectivity index (χ0n) is 27.2. The van der Waals surface area contributed by atoms with Gasteiger partial charge in [-0.1, -0.05) is 31.6 Å². The van der Waals surface area contributed by atoms with Crippen molar-refractivity contribution in [2.24, 2.45) is 33.5 Å². The molecule has 45 heavy (non-hydrogen) atoms. The van der Waals surface area contributed by atoms with Gasteiger partial charge in [0.15, 0.2) is 0 Å². The van der Waals surface area contributed by atoms with Crippen LogP contribution in [0.25, 0.3) is 0 Å². The number of carbonyl (C=O) groups excluding carboxylic acids is 5. The van der Waals surface area contributed by atoms with Gasteiger partial charge in [-0.2, -0.15) is 0 Å². The molecule has 3 saturated carbocycles. The Kier molecular flexibility index (Phi) is 8.08. The number of furan rings is 1. The lowest BCUT2D eigenvalue weighted by molar-refractivity contribution is -0.287. The molecule has 244 valence electrons. The SMILES string of the molecule is CC=C(C)C(=O)OC1C(OC(C)=O)C2C(C)(C=O)C(OC(C)=O)CC(O)C2(C)C2CC(=O)C3(C)C(=CCC3c3ccoc3)C12C. The number of aldehydes is 1.